The molecule has 0 aliphatic rings. The molecule has 90 valence electrons. The van der Waals surface area contributed by atoms with Crippen LogP contribution in [-0.4, -0.2) is 45.7 Å². The van der Waals surface area contributed by atoms with Crippen molar-refractivity contribution >= 4 is 5.78 Å². The van der Waals surface area contributed by atoms with Crippen LogP contribution in [0.1, 0.15) is 18.7 Å². The number of ether oxygens (including phenoxy) is 1. The highest BCUT2D eigenvalue weighted by atomic mass is 16.5. The predicted octanol–water partition coefficient (Wildman–Crippen LogP) is -0.924. The number of rotatable bonds is 7. The Morgan fingerprint density at radius 1 is 1.62 bits per heavy atom. The number of carbonyl (C=O) groups excluding carboxylic acids is 1. The van der Waals surface area contributed by atoms with Gasteiger partial charge in [-0.2, -0.15) is 4.80 Å². The summed E-state index contributed by atoms with van der Waals surface area (Å²) < 4.78 is 4.89. The molecule has 0 saturated heterocycles. The Balaban J connectivity index is 2.34. The van der Waals surface area contributed by atoms with E-state index in [0.29, 0.717) is 18.9 Å². The highest BCUT2D eigenvalue weighted by molar-refractivity contribution is 5.85. The van der Waals surface area contributed by atoms with Gasteiger partial charge in [-0.15, -0.1) is 10.2 Å². The van der Waals surface area contributed by atoms with Crippen LogP contribution in [0.25, 0.3) is 0 Å². The minimum Gasteiger partial charge on any atom is -0.385 e. The van der Waals surface area contributed by atoms with Crippen LogP contribution >= 0.6 is 0 Å². The molecule has 0 amide bonds. The summed E-state index contributed by atoms with van der Waals surface area (Å²) in [5.74, 6) is 0.346. The first-order valence-electron chi connectivity index (χ1n) is 5.13. The molecule has 1 rings (SSSR count). The van der Waals surface area contributed by atoms with Crippen LogP contribution in [0.2, 0.25) is 0 Å². The van der Waals surface area contributed by atoms with E-state index in [1.165, 1.54) is 4.80 Å². The van der Waals surface area contributed by atoms with Crippen molar-refractivity contribution in [3.05, 3.63) is 5.82 Å². The summed E-state index contributed by atoms with van der Waals surface area (Å²) in [5.41, 5.74) is 5.72. The predicted molar refractivity (Wildman–Crippen MR) is 56.6 cm³/mol. The second kappa shape index (κ2) is 6.29. The van der Waals surface area contributed by atoms with Crippen LogP contribution in [0.15, 0.2) is 0 Å². The minimum absolute atomic E-state index is 0.0656. The number of nitrogens with two attached hydrogens (primary N) is 1. The monoisotopic (exact) mass is 227 g/mol. The van der Waals surface area contributed by atoms with Crippen LogP contribution < -0.4 is 5.73 Å². The standard InChI is InChI=1S/C9H17N5O2/c1-14-12-9(11-13-14)6-8(15)7(10)4-3-5-16-2/h7H,3-6,10H2,1-2H3. The molecule has 1 unspecified atom stereocenters. The Hall–Kier alpha value is -1.34. The maximum Gasteiger partial charge on any atom is 0.182 e. The van der Waals surface area contributed by atoms with Crippen molar-refractivity contribution in [1.29, 1.82) is 0 Å². The third-order valence-electron chi connectivity index (χ3n) is 2.16. The molecule has 16 heavy (non-hydrogen) atoms. The van der Waals surface area contributed by atoms with Gasteiger partial charge in [-0.3, -0.25) is 4.79 Å². The average molecular weight is 227 g/mol. The Labute approximate surface area is 93.9 Å². The zero-order chi connectivity index (χ0) is 12.0. The van der Waals surface area contributed by atoms with E-state index in [1.54, 1.807) is 14.2 Å². The molecule has 0 aliphatic carbocycles. The zero-order valence-electron chi connectivity index (χ0n) is 9.59. The Bertz CT molecular complexity index is 338. The van der Waals surface area contributed by atoms with Gasteiger partial charge in [-0.05, 0) is 18.1 Å². The Morgan fingerprint density at radius 2 is 2.38 bits per heavy atom. The van der Waals surface area contributed by atoms with Crippen LogP contribution in [-0.2, 0) is 23.0 Å². The summed E-state index contributed by atoms with van der Waals surface area (Å²) in [4.78, 5) is 13.0. The van der Waals surface area contributed by atoms with Gasteiger partial charge in [0.15, 0.2) is 11.6 Å². The van der Waals surface area contributed by atoms with Crippen LogP contribution in [0, 0.1) is 0 Å². The van der Waals surface area contributed by atoms with Gasteiger partial charge in [0.1, 0.15) is 0 Å². The van der Waals surface area contributed by atoms with Gasteiger partial charge in [0.2, 0.25) is 0 Å². The van der Waals surface area contributed by atoms with Gasteiger partial charge in [-0.1, -0.05) is 0 Å². The van der Waals surface area contributed by atoms with Crippen molar-refractivity contribution in [3.8, 4) is 0 Å². The molecule has 7 heteroatoms. The zero-order valence-corrected chi connectivity index (χ0v) is 9.59. The molecule has 0 saturated carbocycles. The third kappa shape index (κ3) is 4.03. The highest BCUT2D eigenvalue weighted by Gasteiger charge is 2.16. The maximum atomic E-state index is 11.6. The molecule has 0 aromatic carbocycles. The second-order valence-corrected chi connectivity index (χ2v) is 3.58. The van der Waals surface area contributed by atoms with E-state index >= 15 is 0 Å². The SMILES string of the molecule is COCCCC(N)C(=O)Cc1nnn(C)n1. The molecule has 1 heterocycles. The van der Waals surface area contributed by atoms with Gasteiger partial charge >= 0.3 is 0 Å². The fourth-order valence-electron chi connectivity index (χ4n) is 1.29. The molecular weight excluding hydrogens is 210 g/mol. The number of ketones is 1. The second-order valence-electron chi connectivity index (χ2n) is 3.58. The van der Waals surface area contributed by atoms with Gasteiger partial charge in [0, 0.05) is 13.7 Å². The van der Waals surface area contributed by atoms with Gasteiger partial charge in [-0.25, -0.2) is 0 Å². The molecule has 0 spiro atoms. The maximum absolute atomic E-state index is 11.6. The number of hydrogen-bond acceptors (Lipinski definition) is 6. The molecule has 0 fully saturated rings. The van der Waals surface area contributed by atoms with Gasteiger partial charge in [0.25, 0.3) is 0 Å². The summed E-state index contributed by atoms with van der Waals surface area (Å²) >= 11 is 0. The Kier molecular flexibility index (Phi) is 5.00. The fourth-order valence-corrected chi connectivity index (χ4v) is 1.29. The van der Waals surface area contributed by atoms with Crippen molar-refractivity contribution < 1.29 is 9.53 Å². The molecular formula is C9H17N5O2. The smallest absolute Gasteiger partial charge is 0.182 e. The lowest BCUT2D eigenvalue weighted by molar-refractivity contribution is -0.119. The number of carbonyl (C=O) groups is 1. The first kappa shape index (κ1) is 12.7. The van der Waals surface area contributed by atoms with Crippen LogP contribution in [0.4, 0.5) is 0 Å². The number of aromatic nitrogens is 4. The molecule has 0 radical (unpaired) electrons. The van der Waals surface area contributed by atoms with Crippen LogP contribution in [0.3, 0.4) is 0 Å². The van der Waals surface area contributed by atoms with E-state index in [0.717, 1.165) is 6.42 Å². The van der Waals surface area contributed by atoms with Crippen molar-refractivity contribution in [1.82, 2.24) is 20.2 Å². The Morgan fingerprint density at radius 3 is 2.94 bits per heavy atom. The molecule has 0 bridgehead atoms. The first-order chi connectivity index (χ1) is 7.63. The number of hydrogen-bond donors (Lipinski definition) is 1. The minimum atomic E-state index is -0.473. The normalized spacial score (nSPS) is 12.7. The first-order valence-corrected chi connectivity index (χ1v) is 5.13. The molecule has 0 aliphatic heterocycles. The van der Waals surface area contributed by atoms with E-state index in [1.807, 2.05) is 0 Å². The van der Waals surface area contributed by atoms with E-state index in [2.05, 4.69) is 15.4 Å². The quantitative estimate of drug-likeness (QED) is 0.605. The van der Waals surface area contributed by atoms with Crippen molar-refractivity contribution in [3.63, 3.8) is 0 Å². The van der Waals surface area contributed by atoms with Gasteiger partial charge < -0.3 is 10.5 Å². The molecule has 7 nitrogen and oxygen atoms in total. The van der Waals surface area contributed by atoms with E-state index in [4.69, 9.17) is 10.5 Å². The van der Waals surface area contributed by atoms with Crippen LogP contribution in [0.5, 0.6) is 0 Å². The van der Waals surface area contributed by atoms with E-state index in [9.17, 15) is 4.79 Å². The lowest BCUT2D eigenvalue weighted by Gasteiger charge is -2.08. The highest BCUT2D eigenvalue weighted by Crippen LogP contribution is 2.00. The van der Waals surface area contributed by atoms with Crippen molar-refractivity contribution in [2.24, 2.45) is 12.8 Å². The lowest BCUT2D eigenvalue weighted by Crippen LogP contribution is -2.32. The van der Waals surface area contributed by atoms with E-state index in [-0.39, 0.29) is 12.2 Å². The lowest BCUT2D eigenvalue weighted by atomic mass is 10.1. The number of tetrazole rings is 1. The summed E-state index contributed by atoms with van der Waals surface area (Å²) in [7, 11) is 3.27. The summed E-state index contributed by atoms with van der Waals surface area (Å²) in [6.45, 7) is 0.615. The van der Waals surface area contributed by atoms with Crippen molar-refractivity contribution in [2.45, 2.75) is 25.3 Å². The number of methoxy groups -OCH3 is 1. The van der Waals surface area contributed by atoms with E-state index < -0.39 is 6.04 Å². The molecule has 2 N–H and O–H groups in total. The van der Waals surface area contributed by atoms with Gasteiger partial charge in [0.05, 0.1) is 19.5 Å². The fraction of sp³-hybridized carbons (Fsp3) is 0.778. The third-order valence-corrected chi connectivity index (χ3v) is 2.16. The molecule has 1 atom stereocenters. The summed E-state index contributed by atoms with van der Waals surface area (Å²) in [5, 5.41) is 11.3. The molecule has 1 aromatic rings. The number of nitrogens with zero attached hydrogens (tertiary/aromatic N) is 4. The molecule has 1 aromatic heterocycles. The topological polar surface area (TPSA) is 95.9 Å². The van der Waals surface area contributed by atoms with Crippen molar-refractivity contribution in [2.75, 3.05) is 13.7 Å². The number of Topliss-reactive ketones (excluding diaryl/α,β-unsaturated/α-hetero) is 1. The largest absolute Gasteiger partial charge is 0.385 e. The summed E-state index contributed by atoms with van der Waals surface area (Å²) in [6.07, 6.45) is 1.53. The average Bonchev–Trinajstić information content (AvgIpc) is 2.64. The summed E-state index contributed by atoms with van der Waals surface area (Å²) in [6, 6.07) is -0.473. The number of aryl methyl sites for hydroxylation is 1.